The SMILES string of the molecule is Cc1nn(C)c2c1-c1c(F)ccc3c(CCCOc4cccc5c4CCCC5)c(C=O)n(c13)CCCCOC2. The van der Waals surface area contributed by atoms with E-state index in [9.17, 15) is 4.79 Å². The number of hydrogen-bond acceptors (Lipinski definition) is 4. The Kier molecular flexibility index (Phi) is 7.26. The molecule has 1 aliphatic carbocycles. The van der Waals surface area contributed by atoms with Gasteiger partial charge in [0, 0.05) is 36.7 Å². The van der Waals surface area contributed by atoms with Crippen molar-refractivity contribution in [3.63, 3.8) is 0 Å². The lowest BCUT2D eigenvalue weighted by molar-refractivity contribution is 0.110. The van der Waals surface area contributed by atoms with E-state index < -0.39 is 0 Å². The number of rotatable bonds is 6. The predicted octanol–water partition coefficient (Wildman–Crippen LogP) is 6.50. The van der Waals surface area contributed by atoms with E-state index in [1.54, 1.807) is 4.68 Å². The highest BCUT2D eigenvalue weighted by Crippen LogP contribution is 2.40. The van der Waals surface area contributed by atoms with E-state index in [1.807, 2.05) is 24.6 Å². The molecule has 6 rings (SSSR count). The van der Waals surface area contributed by atoms with E-state index in [4.69, 9.17) is 9.47 Å². The number of aldehydes is 1. The summed E-state index contributed by atoms with van der Waals surface area (Å²) in [5.41, 5.74) is 8.02. The van der Waals surface area contributed by atoms with Gasteiger partial charge in [0.25, 0.3) is 0 Å². The molecule has 0 saturated carbocycles. The Hall–Kier alpha value is -3.45. The highest BCUT2D eigenvalue weighted by molar-refractivity contribution is 6.02. The second-order valence-electron chi connectivity index (χ2n) is 10.8. The van der Waals surface area contributed by atoms with Crippen molar-refractivity contribution in [1.82, 2.24) is 14.3 Å². The van der Waals surface area contributed by atoms with Crippen LogP contribution in [0.25, 0.3) is 22.0 Å². The van der Waals surface area contributed by atoms with Crippen molar-refractivity contribution in [3.05, 3.63) is 69.9 Å². The summed E-state index contributed by atoms with van der Waals surface area (Å²) < 4.78 is 31.8. The van der Waals surface area contributed by atoms with Gasteiger partial charge >= 0.3 is 0 Å². The van der Waals surface area contributed by atoms with Gasteiger partial charge in [-0.05, 0) is 93.2 Å². The monoisotopic (exact) mass is 529 g/mol. The van der Waals surface area contributed by atoms with Crippen molar-refractivity contribution in [2.24, 2.45) is 7.05 Å². The highest BCUT2D eigenvalue weighted by atomic mass is 19.1. The molecule has 0 amide bonds. The molecule has 204 valence electrons. The molecule has 3 heterocycles. The molecule has 1 aliphatic heterocycles. The molecule has 0 spiro atoms. The van der Waals surface area contributed by atoms with E-state index in [-0.39, 0.29) is 5.82 Å². The number of ether oxygens (including phenoxy) is 2. The van der Waals surface area contributed by atoms with Gasteiger partial charge in [-0.1, -0.05) is 12.1 Å². The Morgan fingerprint density at radius 3 is 2.85 bits per heavy atom. The zero-order chi connectivity index (χ0) is 26.9. The summed E-state index contributed by atoms with van der Waals surface area (Å²) in [7, 11) is 1.87. The number of carbonyl (C=O) groups excluding carboxylic acids is 1. The fourth-order valence-corrected chi connectivity index (χ4v) is 6.53. The molecular weight excluding hydrogens is 493 g/mol. The van der Waals surface area contributed by atoms with Crippen molar-refractivity contribution in [2.75, 3.05) is 13.2 Å². The number of hydrogen-bond donors (Lipinski definition) is 0. The zero-order valence-corrected chi connectivity index (χ0v) is 22.9. The smallest absolute Gasteiger partial charge is 0.166 e. The summed E-state index contributed by atoms with van der Waals surface area (Å²) in [4.78, 5) is 12.6. The van der Waals surface area contributed by atoms with E-state index >= 15 is 4.39 Å². The number of aromatic nitrogens is 3. The lowest BCUT2D eigenvalue weighted by Gasteiger charge is -2.19. The summed E-state index contributed by atoms with van der Waals surface area (Å²) in [5, 5.41) is 5.54. The molecule has 7 heteroatoms. The van der Waals surface area contributed by atoms with Crippen LogP contribution in [0.5, 0.6) is 5.75 Å². The number of halogens is 1. The van der Waals surface area contributed by atoms with E-state index in [0.29, 0.717) is 44.0 Å². The molecular formula is C32H36FN3O3. The molecule has 0 bridgehead atoms. The van der Waals surface area contributed by atoms with Crippen LogP contribution in [0.2, 0.25) is 0 Å². The van der Waals surface area contributed by atoms with Crippen LogP contribution in [0.1, 0.15) is 70.7 Å². The number of carbonyl (C=O) groups is 1. The van der Waals surface area contributed by atoms with Gasteiger partial charge in [0.15, 0.2) is 6.29 Å². The van der Waals surface area contributed by atoms with Crippen LogP contribution < -0.4 is 4.74 Å². The number of fused-ring (bicyclic) bond motifs is 3. The summed E-state index contributed by atoms with van der Waals surface area (Å²) in [6.45, 7) is 4.09. The Labute approximate surface area is 228 Å². The average molecular weight is 530 g/mol. The van der Waals surface area contributed by atoms with Crippen molar-refractivity contribution in [1.29, 1.82) is 0 Å². The van der Waals surface area contributed by atoms with Gasteiger partial charge < -0.3 is 14.0 Å². The largest absolute Gasteiger partial charge is 0.493 e. The van der Waals surface area contributed by atoms with Crippen LogP contribution in [0.15, 0.2) is 30.3 Å². The van der Waals surface area contributed by atoms with Gasteiger partial charge in [-0.3, -0.25) is 9.48 Å². The standard InChI is InChI=1S/C32H36FN3O3/c1-21-30-28(35(2)34-21)20-38-17-6-5-16-36-27(19-37)24(25-14-15-26(33)31(30)32(25)36)12-8-18-39-29-13-7-10-22-9-3-4-11-23(22)29/h7,10,13-15,19H,3-6,8-9,11-12,16-18,20H2,1-2H3. The van der Waals surface area contributed by atoms with Gasteiger partial charge in [0.05, 0.1) is 35.8 Å². The van der Waals surface area contributed by atoms with Gasteiger partial charge in [-0.15, -0.1) is 0 Å². The average Bonchev–Trinajstić information content (AvgIpc) is 3.38. The molecule has 0 fully saturated rings. The fraction of sp³-hybridized carbons (Fsp3) is 0.438. The van der Waals surface area contributed by atoms with E-state index in [0.717, 1.165) is 77.6 Å². The second-order valence-corrected chi connectivity index (χ2v) is 10.8. The summed E-state index contributed by atoms with van der Waals surface area (Å²) in [6, 6.07) is 9.74. The minimum atomic E-state index is -0.306. The number of nitrogens with zero attached hydrogens (tertiary/aromatic N) is 3. The van der Waals surface area contributed by atoms with E-state index in [1.165, 1.54) is 30.0 Å². The Morgan fingerprint density at radius 2 is 1.97 bits per heavy atom. The first-order valence-electron chi connectivity index (χ1n) is 14.2. The molecule has 0 radical (unpaired) electrons. The molecule has 0 atom stereocenters. The first-order valence-corrected chi connectivity index (χ1v) is 14.2. The molecule has 0 N–H and O–H groups in total. The van der Waals surface area contributed by atoms with Gasteiger partial charge in [-0.25, -0.2) is 4.39 Å². The molecule has 6 nitrogen and oxygen atoms in total. The first kappa shape index (κ1) is 25.8. The quantitative estimate of drug-likeness (QED) is 0.211. The Bertz CT molecular complexity index is 1530. The minimum absolute atomic E-state index is 0.306. The molecule has 39 heavy (non-hydrogen) atoms. The maximum Gasteiger partial charge on any atom is 0.166 e. The fourth-order valence-electron chi connectivity index (χ4n) is 6.53. The molecule has 2 aromatic heterocycles. The third-order valence-corrected chi connectivity index (χ3v) is 8.37. The lowest BCUT2D eigenvalue weighted by atomic mass is 9.91. The molecule has 0 unspecified atom stereocenters. The predicted molar refractivity (Wildman–Crippen MR) is 150 cm³/mol. The number of benzene rings is 2. The van der Waals surface area contributed by atoms with Gasteiger partial charge in [0.1, 0.15) is 11.6 Å². The van der Waals surface area contributed by atoms with Crippen LogP contribution in [0, 0.1) is 12.7 Å². The topological polar surface area (TPSA) is 58.3 Å². The third-order valence-electron chi connectivity index (χ3n) is 8.37. The minimum Gasteiger partial charge on any atom is -0.493 e. The second kappa shape index (κ2) is 11.0. The highest BCUT2D eigenvalue weighted by Gasteiger charge is 2.27. The molecule has 2 aliphatic rings. The van der Waals surface area contributed by atoms with Crippen LogP contribution in [-0.4, -0.2) is 33.8 Å². The van der Waals surface area contributed by atoms with Crippen molar-refractivity contribution in [2.45, 2.75) is 71.4 Å². The Morgan fingerprint density at radius 1 is 1.10 bits per heavy atom. The third kappa shape index (κ3) is 4.67. The maximum atomic E-state index is 15.7. The van der Waals surface area contributed by atoms with E-state index in [2.05, 4.69) is 23.3 Å². The summed E-state index contributed by atoms with van der Waals surface area (Å²) in [5.74, 6) is 0.685. The lowest BCUT2D eigenvalue weighted by Crippen LogP contribution is -2.08. The van der Waals surface area contributed by atoms with Gasteiger partial charge in [-0.2, -0.15) is 5.10 Å². The molecule has 2 aromatic carbocycles. The normalized spacial score (nSPS) is 15.5. The summed E-state index contributed by atoms with van der Waals surface area (Å²) >= 11 is 0. The van der Waals surface area contributed by atoms with Crippen LogP contribution in [0.3, 0.4) is 0 Å². The van der Waals surface area contributed by atoms with Gasteiger partial charge in [0.2, 0.25) is 0 Å². The van der Waals surface area contributed by atoms with Crippen molar-refractivity contribution < 1.29 is 18.7 Å². The number of aryl methyl sites for hydroxylation is 5. The zero-order valence-electron chi connectivity index (χ0n) is 22.9. The van der Waals surface area contributed by atoms with Crippen LogP contribution in [-0.2, 0) is 44.2 Å². The summed E-state index contributed by atoms with van der Waals surface area (Å²) in [6.07, 6.45) is 8.74. The van der Waals surface area contributed by atoms with Crippen LogP contribution in [0.4, 0.5) is 4.39 Å². The van der Waals surface area contributed by atoms with Crippen LogP contribution >= 0.6 is 0 Å². The van der Waals surface area contributed by atoms with Crippen molar-refractivity contribution in [3.8, 4) is 16.9 Å². The molecule has 0 saturated heterocycles. The molecule has 4 aromatic rings. The first-order chi connectivity index (χ1) is 19.1. The maximum absolute atomic E-state index is 15.7. The van der Waals surface area contributed by atoms with Crippen molar-refractivity contribution >= 4 is 17.2 Å². The Balaban J connectivity index is 1.38.